The third-order valence-electron chi connectivity index (χ3n) is 3.67. The zero-order valence-corrected chi connectivity index (χ0v) is 13.2. The second kappa shape index (κ2) is 6.83. The third-order valence-corrected chi connectivity index (χ3v) is 3.94. The third kappa shape index (κ3) is 3.25. The van der Waals surface area contributed by atoms with E-state index in [1.54, 1.807) is 19.4 Å². The first-order valence-electron chi connectivity index (χ1n) is 7.36. The minimum atomic E-state index is 0.509. The summed E-state index contributed by atoms with van der Waals surface area (Å²) in [5.41, 5.74) is 0.799. The van der Waals surface area contributed by atoms with E-state index in [1.807, 2.05) is 12.1 Å². The largest absolute Gasteiger partial charge is 0.495 e. The number of hydrogen-bond acceptors (Lipinski definition) is 5. The monoisotopic (exact) mass is 317 g/mol. The van der Waals surface area contributed by atoms with Crippen molar-refractivity contribution in [1.82, 2.24) is 9.97 Å². The lowest BCUT2D eigenvalue weighted by molar-refractivity contribution is 0.416. The lowest BCUT2D eigenvalue weighted by Gasteiger charge is -2.28. The molecule has 0 atom stereocenters. The van der Waals surface area contributed by atoms with E-state index in [4.69, 9.17) is 16.3 Å². The number of rotatable bonds is 4. The molecule has 115 valence electrons. The number of ether oxygens (including phenoxy) is 1. The second-order valence-corrected chi connectivity index (χ2v) is 5.57. The van der Waals surface area contributed by atoms with Crippen molar-refractivity contribution >= 4 is 29.1 Å². The molecule has 22 heavy (non-hydrogen) atoms. The topological polar surface area (TPSA) is 50.3 Å². The van der Waals surface area contributed by atoms with Crippen molar-refractivity contribution in [3.63, 3.8) is 0 Å². The fourth-order valence-electron chi connectivity index (χ4n) is 2.55. The SMILES string of the molecule is COc1c[c]ccc1Nc1ncc(Cl)c(N2CCCCC2)n1. The standard InChI is InChI=1S/C16H18ClN4O/c1-22-14-8-4-3-7-13(14)19-16-18-11-12(17)15(20-16)21-9-5-2-6-10-21/h3,7-8,11H,2,5-6,9-10H2,1H3,(H,18,19,20). The van der Waals surface area contributed by atoms with E-state index in [2.05, 4.69) is 26.3 Å². The molecule has 1 saturated heterocycles. The fraction of sp³-hybridized carbons (Fsp3) is 0.375. The van der Waals surface area contributed by atoms with Crippen molar-refractivity contribution in [2.45, 2.75) is 19.3 Å². The zero-order valence-electron chi connectivity index (χ0n) is 12.5. The van der Waals surface area contributed by atoms with Crippen LogP contribution in [0.3, 0.4) is 0 Å². The highest BCUT2D eigenvalue weighted by Gasteiger charge is 2.16. The fourth-order valence-corrected chi connectivity index (χ4v) is 2.76. The van der Waals surface area contributed by atoms with Gasteiger partial charge >= 0.3 is 0 Å². The summed E-state index contributed by atoms with van der Waals surface area (Å²) in [7, 11) is 1.62. The van der Waals surface area contributed by atoms with Crippen LogP contribution in [0.2, 0.25) is 5.02 Å². The summed E-state index contributed by atoms with van der Waals surface area (Å²) in [6.45, 7) is 1.97. The van der Waals surface area contributed by atoms with E-state index in [9.17, 15) is 0 Å². The van der Waals surface area contributed by atoms with Crippen molar-refractivity contribution in [2.75, 3.05) is 30.4 Å². The van der Waals surface area contributed by atoms with Crippen LogP contribution in [0.4, 0.5) is 17.5 Å². The molecule has 5 nitrogen and oxygen atoms in total. The van der Waals surface area contributed by atoms with E-state index in [1.165, 1.54) is 19.3 Å². The summed E-state index contributed by atoms with van der Waals surface area (Å²) in [6, 6.07) is 8.43. The van der Waals surface area contributed by atoms with E-state index < -0.39 is 0 Å². The van der Waals surface area contributed by atoms with E-state index >= 15 is 0 Å². The van der Waals surface area contributed by atoms with Crippen LogP contribution in [0.1, 0.15) is 19.3 Å². The van der Waals surface area contributed by atoms with Crippen molar-refractivity contribution < 1.29 is 4.74 Å². The maximum Gasteiger partial charge on any atom is 0.229 e. The van der Waals surface area contributed by atoms with Gasteiger partial charge in [-0.2, -0.15) is 4.98 Å². The average Bonchev–Trinajstić information content (AvgIpc) is 2.58. The lowest BCUT2D eigenvalue weighted by atomic mass is 10.1. The number of nitrogens with one attached hydrogen (secondary N) is 1. The van der Waals surface area contributed by atoms with Crippen LogP contribution in [0.25, 0.3) is 0 Å². The van der Waals surface area contributed by atoms with E-state index in [0.717, 1.165) is 24.6 Å². The molecule has 3 rings (SSSR count). The van der Waals surface area contributed by atoms with Gasteiger partial charge < -0.3 is 15.0 Å². The van der Waals surface area contributed by atoms with Crippen LogP contribution in [0.15, 0.2) is 24.4 Å². The van der Waals surface area contributed by atoms with Crippen LogP contribution in [0.5, 0.6) is 5.75 Å². The molecular formula is C16H18ClN4O. The first kappa shape index (κ1) is 14.9. The summed E-state index contributed by atoms with van der Waals surface area (Å²) in [5, 5.41) is 3.76. The molecule has 0 spiro atoms. The Morgan fingerprint density at radius 1 is 1.32 bits per heavy atom. The first-order chi connectivity index (χ1) is 10.8. The molecule has 1 aliphatic heterocycles. The Morgan fingerprint density at radius 3 is 2.91 bits per heavy atom. The Hall–Kier alpha value is -2.01. The number of anilines is 3. The Bertz CT molecular complexity index is 644. The molecule has 1 fully saturated rings. The Morgan fingerprint density at radius 2 is 2.14 bits per heavy atom. The molecule has 6 heteroatoms. The van der Waals surface area contributed by atoms with E-state index in [-0.39, 0.29) is 0 Å². The smallest absolute Gasteiger partial charge is 0.229 e. The van der Waals surface area contributed by atoms with Gasteiger partial charge in [-0.25, -0.2) is 4.98 Å². The summed E-state index contributed by atoms with van der Waals surface area (Å²) in [6.07, 6.45) is 5.25. The van der Waals surface area contributed by atoms with Crippen molar-refractivity contribution in [3.05, 3.63) is 35.5 Å². The second-order valence-electron chi connectivity index (χ2n) is 5.16. The predicted octanol–water partition coefficient (Wildman–Crippen LogP) is 3.67. The van der Waals surface area contributed by atoms with Crippen molar-refractivity contribution in [3.8, 4) is 5.75 Å². The molecule has 0 bridgehead atoms. The van der Waals surface area contributed by atoms with Gasteiger partial charge in [0.15, 0.2) is 5.82 Å². The Balaban J connectivity index is 1.85. The zero-order chi connectivity index (χ0) is 15.4. The number of benzene rings is 1. The van der Waals surface area contributed by atoms with Gasteiger partial charge in [0, 0.05) is 13.1 Å². The highest BCUT2D eigenvalue weighted by Crippen LogP contribution is 2.29. The van der Waals surface area contributed by atoms with Gasteiger partial charge in [0.25, 0.3) is 0 Å². The first-order valence-corrected chi connectivity index (χ1v) is 7.74. The number of hydrogen-bond donors (Lipinski definition) is 1. The van der Waals surface area contributed by atoms with Crippen LogP contribution in [-0.2, 0) is 0 Å². The Labute approximate surface area is 135 Å². The molecule has 2 heterocycles. The number of methoxy groups -OCH3 is 1. The highest BCUT2D eigenvalue weighted by atomic mass is 35.5. The summed E-state index contributed by atoms with van der Waals surface area (Å²) in [5.74, 6) is 2.00. The molecule has 1 aromatic carbocycles. The van der Waals surface area contributed by atoms with Crippen LogP contribution in [-0.4, -0.2) is 30.2 Å². The molecule has 1 aliphatic rings. The highest BCUT2D eigenvalue weighted by molar-refractivity contribution is 6.32. The minimum absolute atomic E-state index is 0.509. The molecule has 2 aromatic rings. The van der Waals surface area contributed by atoms with Gasteiger partial charge in [0.1, 0.15) is 10.8 Å². The summed E-state index contributed by atoms with van der Waals surface area (Å²) in [4.78, 5) is 11.0. The van der Waals surface area contributed by atoms with Crippen LogP contribution < -0.4 is 15.0 Å². The van der Waals surface area contributed by atoms with Gasteiger partial charge in [0.2, 0.25) is 5.95 Å². The predicted molar refractivity (Wildman–Crippen MR) is 88.2 cm³/mol. The van der Waals surface area contributed by atoms with E-state index in [0.29, 0.717) is 16.7 Å². The quantitative estimate of drug-likeness (QED) is 0.932. The van der Waals surface area contributed by atoms with Crippen LogP contribution in [0, 0.1) is 6.07 Å². The van der Waals surface area contributed by atoms with Gasteiger partial charge in [0.05, 0.1) is 19.0 Å². The number of piperidine rings is 1. The molecule has 1 radical (unpaired) electrons. The van der Waals surface area contributed by atoms with Gasteiger partial charge in [-0.05, 0) is 37.5 Å². The number of aromatic nitrogens is 2. The van der Waals surface area contributed by atoms with Crippen molar-refractivity contribution in [2.24, 2.45) is 0 Å². The molecule has 1 N–H and O–H groups in total. The lowest BCUT2D eigenvalue weighted by Crippen LogP contribution is -2.30. The Kier molecular flexibility index (Phi) is 4.63. The molecule has 0 aliphatic carbocycles. The van der Waals surface area contributed by atoms with Crippen molar-refractivity contribution in [1.29, 1.82) is 0 Å². The van der Waals surface area contributed by atoms with Gasteiger partial charge in [-0.1, -0.05) is 17.7 Å². The summed E-state index contributed by atoms with van der Waals surface area (Å²) >= 11 is 6.27. The van der Waals surface area contributed by atoms with Gasteiger partial charge in [-0.15, -0.1) is 0 Å². The van der Waals surface area contributed by atoms with Crippen LogP contribution >= 0.6 is 11.6 Å². The number of nitrogens with zero attached hydrogens (tertiary/aromatic N) is 3. The average molecular weight is 318 g/mol. The minimum Gasteiger partial charge on any atom is -0.495 e. The molecule has 0 unspecified atom stereocenters. The normalized spacial score (nSPS) is 14.7. The molecule has 0 saturated carbocycles. The van der Waals surface area contributed by atoms with Gasteiger partial charge in [-0.3, -0.25) is 0 Å². The number of halogens is 1. The molecule has 0 amide bonds. The molecular weight excluding hydrogens is 300 g/mol. The molecule has 1 aromatic heterocycles. The summed E-state index contributed by atoms with van der Waals surface area (Å²) < 4.78 is 5.30. The maximum absolute atomic E-state index is 6.27. The maximum atomic E-state index is 6.27.